The molecule has 0 aliphatic carbocycles. The zero-order valence-corrected chi connectivity index (χ0v) is 10.7. The fourth-order valence-corrected chi connectivity index (χ4v) is 3.50. The number of aryl methyl sites for hydroxylation is 1. The molecule has 96 valence electrons. The van der Waals surface area contributed by atoms with Crippen LogP contribution in [0.5, 0.6) is 0 Å². The molecule has 6 nitrogen and oxygen atoms in total. The minimum Gasteiger partial charge on any atom is -0.393 e. The lowest BCUT2D eigenvalue weighted by atomic mass is 9.99. The monoisotopic (exact) mass is 259 g/mol. The number of H-pyrrole nitrogens is 1. The zero-order valence-electron chi connectivity index (χ0n) is 9.92. The standard InChI is InChI=1S/C10H17N3O3S/c1-7-6-13(4-3-9(7)14)17(15,16)10-5-11-8(2)12-10/h5,7,9,14H,3-4,6H2,1-2H3,(H,11,12). The number of nitrogens with one attached hydrogen (secondary N) is 1. The molecular weight excluding hydrogens is 242 g/mol. The molecule has 7 heteroatoms. The van der Waals surface area contributed by atoms with Crippen LogP contribution in [0, 0.1) is 12.8 Å². The topological polar surface area (TPSA) is 86.3 Å². The van der Waals surface area contributed by atoms with Crippen LogP contribution in [0.1, 0.15) is 19.2 Å². The van der Waals surface area contributed by atoms with Crippen molar-refractivity contribution in [2.75, 3.05) is 13.1 Å². The van der Waals surface area contributed by atoms with E-state index in [1.165, 1.54) is 10.5 Å². The first kappa shape index (κ1) is 12.5. The van der Waals surface area contributed by atoms with Gasteiger partial charge in [-0.25, -0.2) is 13.4 Å². The van der Waals surface area contributed by atoms with Gasteiger partial charge in [0.05, 0.1) is 12.3 Å². The van der Waals surface area contributed by atoms with Gasteiger partial charge in [-0.2, -0.15) is 4.31 Å². The third kappa shape index (κ3) is 2.36. The Labute approximate surface area is 101 Å². The van der Waals surface area contributed by atoms with Gasteiger partial charge in [-0.1, -0.05) is 6.92 Å². The quantitative estimate of drug-likeness (QED) is 0.789. The summed E-state index contributed by atoms with van der Waals surface area (Å²) in [5.74, 6) is 0.538. The molecule has 0 aromatic carbocycles. The fraction of sp³-hybridized carbons (Fsp3) is 0.700. The molecule has 1 aromatic heterocycles. The van der Waals surface area contributed by atoms with Crippen LogP contribution in [-0.4, -0.2) is 47.0 Å². The Hall–Kier alpha value is -0.920. The molecule has 2 unspecified atom stereocenters. The number of aliphatic hydroxyl groups excluding tert-OH is 1. The molecule has 0 spiro atoms. The lowest BCUT2D eigenvalue weighted by molar-refractivity contribution is 0.0628. The molecule has 0 bridgehead atoms. The second kappa shape index (κ2) is 4.40. The van der Waals surface area contributed by atoms with Gasteiger partial charge >= 0.3 is 0 Å². The Bertz CT molecular complexity index is 497. The number of nitrogens with zero attached hydrogens (tertiary/aromatic N) is 2. The van der Waals surface area contributed by atoms with E-state index in [4.69, 9.17) is 0 Å². The Balaban J connectivity index is 2.22. The largest absolute Gasteiger partial charge is 0.393 e. The third-order valence-corrected chi connectivity index (χ3v) is 4.89. The molecule has 17 heavy (non-hydrogen) atoms. The maximum atomic E-state index is 12.2. The average Bonchev–Trinajstić information content (AvgIpc) is 2.69. The van der Waals surface area contributed by atoms with Gasteiger partial charge < -0.3 is 10.1 Å². The van der Waals surface area contributed by atoms with Crippen molar-refractivity contribution in [1.82, 2.24) is 14.3 Å². The highest BCUT2D eigenvalue weighted by Crippen LogP contribution is 2.22. The normalized spacial score (nSPS) is 27.2. The van der Waals surface area contributed by atoms with Crippen molar-refractivity contribution < 1.29 is 13.5 Å². The predicted molar refractivity (Wildman–Crippen MR) is 61.9 cm³/mol. The van der Waals surface area contributed by atoms with Crippen LogP contribution in [0.3, 0.4) is 0 Å². The number of piperidine rings is 1. The Kier molecular flexibility index (Phi) is 3.24. The summed E-state index contributed by atoms with van der Waals surface area (Å²) in [7, 11) is -3.49. The van der Waals surface area contributed by atoms with Crippen LogP contribution in [0.15, 0.2) is 11.2 Å². The molecular formula is C10H17N3O3S. The molecule has 2 rings (SSSR count). The van der Waals surface area contributed by atoms with Crippen LogP contribution >= 0.6 is 0 Å². The average molecular weight is 259 g/mol. The van der Waals surface area contributed by atoms with E-state index in [0.29, 0.717) is 25.3 Å². The summed E-state index contributed by atoms with van der Waals surface area (Å²) in [6.45, 7) is 4.26. The van der Waals surface area contributed by atoms with E-state index in [1.54, 1.807) is 6.92 Å². The first-order valence-electron chi connectivity index (χ1n) is 5.61. The van der Waals surface area contributed by atoms with Crippen molar-refractivity contribution in [2.45, 2.75) is 31.4 Å². The van der Waals surface area contributed by atoms with Gasteiger partial charge in [0.15, 0.2) is 5.03 Å². The molecule has 1 aliphatic rings. The maximum Gasteiger partial charge on any atom is 0.260 e. The first-order valence-corrected chi connectivity index (χ1v) is 7.05. The molecule has 2 heterocycles. The van der Waals surface area contributed by atoms with E-state index >= 15 is 0 Å². The van der Waals surface area contributed by atoms with E-state index in [0.717, 1.165) is 0 Å². The smallest absolute Gasteiger partial charge is 0.260 e. The van der Waals surface area contributed by atoms with Gasteiger partial charge in [-0.05, 0) is 19.3 Å². The van der Waals surface area contributed by atoms with Crippen LogP contribution in [-0.2, 0) is 10.0 Å². The van der Waals surface area contributed by atoms with Crippen molar-refractivity contribution in [3.8, 4) is 0 Å². The third-order valence-electron chi connectivity index (χ3n) is 3.12. The lowest BCUT2D eigenvalue weighted by Crippen LogP contribution is -2.44. The SMILES string of the molecule is Cc1ncc(S(=O)(=O)N2CCC(O)C(C)C2)[nH]1. The first-order chi connectivity index (χ1) is 7.91. The summed E-state index contributed by atoms with van der Waals surface area (Å²) in [6, 6.07) is 0. The zero-order chi connectivity index (χ0) is 12.6. The Morgan fingerprint density at radius 3 is 2.82 bits per heavy atom. The summed E-state index contributed by atoms with van der Waals surface area (Å²) in [6.07, 6.45) is 1.40. The van der Waals surface area contributed by atoms with Crippen molar-refractivity contribution >= 4 is 10.0 Å². The molecule has 1 saturated heterocycles. The summed E-state index contributed by atoms with van der Waals surface area (Å²) >= 11 is 0. The number of rotatable bonds is 2. The minimum atomic E-state index is -3.49. The highest BCUT2D eigenvalue weighted by Gasteiger charge is 2.33. The van der Waals surface area contributed by atoms with Crippen molar-refractivity contribution in [3.63, 3.8) is 0 Å². The van der Waals surface area contributed by atoms with Gasteiger partial charge in [0, 0.05) is 13.1 Å². The second-order valence-electron chi connectivity index (χ2n) is 4.53. The Morgan fingerprint density at radius 1 is 1.59 bits per heavy atom. The van der Waals surface area contributed by atoms with Gasteiger partial charge in [0.25, 0.3) is 10.0 Å². The van der Waals surface area contributed by atoms with Crippen molar-refractivity contribution in [1.29, 1.82) is 0 Å². The van der Waals surface area contributed by atoms with Gasteiger partial charge in [-0.15, -0.1) is 0 Å². The number of imidazole rings is 1. The number of sulfonamides is 1. The molecule has 2 N–H and O–H groups in total. The molecule has 1 aliphatic heterocycles. The summed E-state index contributed by atoms with van der Waals surface area (Å²) in [5, 5.41) is 9.72. The van der Waals surface area contributed by atoms with Crippen molar-refractivity contribution in [2.24, 2.45) is 5.92 Å². The highest BCUT2D eigenvalue weighted by molar-refractivity contribution is 7.89. The molecule has 1 fully saturated rings. The van der Waals surface area contributed by atoms with E-state index in [2.05, 4.69) is 9.97 Å². The summed E-state index contributed by atoms with van der Waals surface area (Å²) in [4.78, 5) is 6.64. The van der Waals surface area contributed by atoms with Crippen LogP contribution in [0.2, 0.25) is 0 Å². The molecule has 0 amide bonds. The van der Waals surface area contributed by atoms with Crippen LogP contribution in [0.25, 0.3) is 0 Å². The van der Waals surface area contributed by atoms with E-state index in [1.807, 2.05) is 6.92 Å². The summed E-state index contributed by atoms with van der Waals surface area (Å²) < 4.78 is 25.9. The van der Waals surface area contributed by atoms with E-state index < -0.39 is 16.1 Å². The lowest BCUT2D eigenvalue weighted by Gasteiger charge is -2.32. The van der Waals surface area contributed by atoms with Crippen molar-refractivity contribution in [3.05, 3.63) is 12.0 Å². The van der Waals surface area contributed by atoms with E-state index in [9.17, 15) is 13.5 Å². The number of aliphatic hydroxyl groups is 1. The molecule has 0 radical (unpaired) electrons. The fourth-order valence-electron chi connectivity index (χ4n) is 1.98. The highest BCUT2D eigenvalue weighted by atomic mass is 32.2. The number of hydrogen-bond donors (Lipinski definition) is 2. The van der Waals surface area contributed by atoms with E-state index in [-0.39, 0.29) is 10.9 Å². The van der Waals surface area contributed by atoms with Gasteiger partial charge in [-0.3, -0.25) is 0 Å². The van der Waals surface area contributed by atoms with Crippen LogP contribution < -0.4 is 0 Å². The molecule has 0 saturated carbocycles. The minimum absolute atomic E-state index is 0.0393. The summed E-state index contributed by atoms with van der Waals surface area (Å²) in [5.41, 5.74) is 0. The molecule has 2 atom stereocenters. The van der Waals surface area contributed by atoms with Crippen LogP contribution in [0.4, 0.5) is 0 Å². The van der Waals surface area contributed by atoms with Gasteiger partial charge in [0.1, 0.15) is 5.82 Å². The second-order valence-corrected chi connectivity index (χ2v) is 6.44. The maximum absolute atomic E-state index is 12.2. The molecule has 1 aromatic rings. The number of hydrogen-bond acceptors (Lipinski definition) is 4. The Morgan fingerprint density at radius 2 is 2.29 bits per heavy atom. The van der Waals surface area contributed by atoms with Gasteiger partial charge in [0.2, 0.25) is 0 Å². The number of aromatic amines is 1. The predicted octanol–water partition coefficient (Wildman–Crippen LogP) is 0.110. The number of aromatic nitrogens is 2.